The Kier molecular flexibility index (Phi) is 7.11. The van der Waals surface area contributed by atoms with Gasteiger partial charge in [0.05, 0.1) is 11.5 Å². The number of nitrogens with two attached hydrogens (primary N) is 2. The Labute approximate surface area is 224 Å². The molecule has 0 aromatic carbocycles. The Morgan fingerprint density at radius 1 is 1.13 bits per heavy atom. The summed E-state index contributed by atoms with van der Waals surface area (Å²) in [5.41, 5.74) is 10.8. The number of halogens is 1. The summed E-state index contributed by atoms with van der Waals surface area (Å²) in [6.07, 6.45) is 6.48. The van der Waals surface area contributed by atoms with E-state index in [0.717, 1.165) is 13.0 Å². The molecule has 0 radical (unpaired) electrons. The number of hydrogen-bond acceptors (Lipinski definition) is 7. The van der Waals surface area contributed by atoms with Gasteiger partial charge < -0.3 is 36.5 Å². The maximum atomic E-state index is 13.2. The number of carbonyl (C=O) groups is 3. The second-order valence-electron chi connectivity index (χ2n) is 10.00. The molecule has 0 aliphatic carbocycles. The minimum absolute atomic E-state index is 0.0328. The molecule has 3 saturated heterocycles. The normalized spacial score (nSPS) is 21.7. The predicted octanol–water partition coefficient (Wildman–Crippen LogP) is 0.0849. The molecule has 3 fully saturated rings. The smallest absolute Gasteiger partial charge is 0.302 e. The van der Waals surface area contributed by atoms with Gasteiger partial charge in [0.1, 0.15) is 0 Å². The molecule has 5 rings (SSSR count). The highest BCUT2D eigenvalue weighted by molar-refractivity contribution is 6.31. The number of anilines is 2. The van der Waals surface area contributed by atoms with Crippen molar-refractivity contribution in [2.24, 2.45) is 10.9 Å². The fraction of sp³-hybridized carbons (Fsp3) is 0.500. The van der Waals surface area contributed by atoms with Crippen LogP contribution in [-0.4, -0.2) is 86.3 Å². The molecule has 3 aliphatic rings. The molecule has 13 nitrogen and oxygen atoms in total. The lowest BCUT2D eigenvalue weighted by atomic mass is 9.88. The lowest BCUT2D eigenvalue weighted by Crippen LogP contribution is -2.54. The van der Waals surface area contributed by atoms with E-state index in [-0.39, 0.29) is 52.2 Å². The lowest BCUT2D eigenvalue weighted by Gasteiger charge is -2.39. The molecule has 2 aromatic heterocycles. The maximum absolute atomic E-state index is 13.2. The van der Waals surface area contributed by atoms with Gasteiger partial charge in [0.25, 0.3) is 0 Å². The molecule has 0 saturated carbocycles. The fourth-order valence-electron chi connectivity index (χ4n) is 5.25. The summed E-state index contributed by atoms with van der Waals surface area (Å²) in [5.74, 6) is -0.819. The van der Waals surface area contributed by atoms with E-state index in [1.54, 1.807) is 0 Å². The van der Waals surface area contributed by atoms with Crippen molar-refractivity contribution < 1.29 is 14.4 Å². The first kappa shape index (κ1) is 25.8. The van der Waals surface area contributed by atoms with E-state index in [1.807, 2.05) is 34.3 Å². The molecule has 1 spiro atoms. The zero-order chi connectivity index (χ0) is 26.9. The fourth-order valence-corrected chi connectivity index (χ4v) is 5.37. The van der Waals surface area contributed by atoms with E-state index in [1.165, 1.54) is 0 Å². The summed E-state index contributed by atoms with van der Waals surface area (Å²) in [7, 11) is 0. The molecular weight excluding hydrogens is 512 g/mol. The number of aliphatic imine (C=N–C) groups is 1. The largest absolute Gasteiger partial charge is 0.382 e. The Bertz CT molecular complexity index is 1260. The van der Waals surface area contributed by atoms with Crippen molar-refractivity contribution >= 4 is 46.9 Å². The number of guanidine groups is 1. The number of nitrogens with zero attached hydrogens (tertiary/aromatic N) is 6. The molecule has 5 heterocycles. The molecule has 3 amide bonds. The van der Waals surface area contributed by atoms with Gasteiger partial charge in [-0.25, -0.2) is 9.97 Å². The quantitative estimate of drug-likeness (QED) is 0.393. The summed E-state index contributed by atoms with van der Waals surface area (Å²) in [6, 6.07) is 3.96. The summed E-state index contributed by atoms with van der Waals surface area (Å²) >= 11 is 5.87. The minimum atomic E-state index is -0.694. The number of aryl methyl sites for hydroxylation is 1. The van der Waals surface area contributed by atoms with Crippen LogP contribution in [0.25, 0.3) is 0 Å². The van der Waals surface area contributed by atoms with Gasteiger partial charge in [0.15, 0.2) is 28.4 Å². The van der Waals surface area contributed by atoms with Crippen LogP contribution >= 0.6 is 11.6 Å². The van der Waals surface area contributed by atoms with Gasteiger partial charge in [-0.05, 0) is 31.4 Å². The first-order chi connectivity index (χ1) is 18.2. The molecule has 0 bridgehead atoms. The van der Waals surface area contributed by atoms with E-state index in [2.05, 4.69) is 30.2 Å². The number of hydrogen-bond donors (Lipinski definition) is 4. The van der Waals surface area contributed by atoms with E-state index in [9.17, 15) is 14.4 Å². The molecule has 1 atom stereocenters. The number of rotatable bonds is 6. The number of amides is 3. The van der Waals surface area contributed by atoms with Gasteiger partial charge in [-0.3, -0.25) is 14.4 Å². The number of carbonyl (C=O) groups excluding carboxylic acids is 3. The Hall–Kier alpha value is -3.87. The van der Waals surface area contributed by atoms with Crippen molar-refractivity contribution in [2.45, 2.75) is 37.8 Å². The van der Waals surface area contributed by atoms with Crippen LogP contribution in [-0.2, 0) is 16.1 Å². The summed E-state index contributed by atoms with van der Waals surface area (Å²) < 4.78 is 2.09. The van der Waals surface area contributed by atoms with Gasteiger partial charge >= 0.3 is 5.91 Å². The highest BCUT2D eigenvalue weighted by atomic mass is 35.5. The second-order valence-corrected chi connectivity index (χ2v) is 10.4. The third kappa shape index (κ3) is 5.37. The van der Waals surface area contributed by atoms with Crippen LogP contribution in [0.4, 0.5) is 11.6 Å². The topological polar surface area (TPSA) is 177 Å². The predicted molar refractivity (Wildman–Crippen MR) is 141 cm³/mol. The molecule has 6 N–H and O–H groups in total. The van der Waals surface area contributed by atoms with Crippen molar-refractivity contribution in [3.63, 3.8) is 0 Å². The van der Waals surface area contributed by atoms with Crippen molar-refractivity contribution in [1.29, 1.82) is 0 Å². The van der Waals surface area contributed by atoms with E-state index < -0.39 is 5.91 Å². The van der Waals surface area contributed by atoms with Crippen molar-refractivity contribution in [3.05, 3.63) is 35.4 Å². The third-order valence-corrected chi connectivity index (χ3v) is 7.68. The van der Waals surface area contributed by atoms with Gasteiger partial charge in [0.2, 0.25) is 11.8 Å². The molecule has 2 aromatic rings. The molecule has 1 unspecified atom stereocenters. The van der Waals surface area contributed by atoms with E-state index in [0.29, 0.717) is 51.5 Å². The van der Waals surface area contributed by atoms with E-state index >= 15 is 0 Å². The average Bonchev–Trinajstić information content (AvgIpc) is 3.63. The Morgan fingerprint density at radius 3 is 2.61 bits per heavy atom. The van der Waals surface area contributed by atoms with Gasteiger partial charge in [-0.15, -0.1) is 0 Å². The average molecular weight is 543 g/mol. The maximum Gasteiger partial charge on any atom is 0.302 e. The van der Waals surface area contributed by atoms with Crippen LogP contribution in [0.3, 0.4) is 0 Å². The highest BCUT2D eigenvalue weighted by Crippen LogP contribution is 2.28. The summed E-state index contributed by atoms with van der Waals surface area (Å²) in [5, 5.41) is 6.30. The molecular formula is C24H31ClN10O3. The molecule has 202 valence electrons. The van der Waals surface area contributed by atoms with Crippen molar-refractivity contribution in [1.82, 2.24) is 35.0 Å². The van der Waals surface area contributed by atoms with Gasteiger partial charge in [-0.2, -0.15) is 4.99 Å². The summed E-state index contributed by atoms with van der Waals surface area (Å²) in [6.45, 7) is 3.64. The first-order valence-electron chi connectivity index (χ1n) is 12.6. The number of nitrogens with one attached hydrogen (secondary N) is 2. The molecule has 38 heavy (non-hydrogen) atoms. The van der Waals surface area contributed by atoms with Crippen LogP contribution in [0.5, 0.6) is 0 Å². The van der Waals surface area contributed by atoms with Gasteiger partial charge in [0, 0.05) is 58.1 Å². The van der Waals surface area contributed by atoms with Crippen LogP contribution in [0.1, 0.15) is 36.2 Å². The van der Waals surface area contributed by atoms with Crippen LogP contribution < -0.4 is 22.1 Å². The number of nitrogen functional groups attached to an aromatic ring is 2. The summed E-state index contributed by atoms with van der Waals surface area (Å²) in [4.78, 5) is 53.7. The van der Waals surface area contributed by atoms with Gasteiger partial charge in [-0.1, -0.05) is 11.6 Å². The van der Waals surface area contributed by atoms with Crippen LogP contribution in [0, 0.1) is 5.92 Å². The third-order valence-electron chi connectivity index (χ3n) is 7.41. The minimum Gasteiger partial charge on any atom is -0.382 e. The number of aromatic nitrogens is 3. The standard InChI is InChI=1S/C24H31ClN10O3/c25-18-20(27)30-19(26)17(29-18)21(37)31-23-28-14-24(32-23)4-10-34(11-5-24)22(38)15-12-16(36)35(13-15)9-3-8-33-6-1-2-7-33/h1-2,6-7,15H,3-5,8-14H2,(H4,26,27,30)(H2,28,31,32,37). The van der Waals surface area contributed by atoms with Crippen LogP contribution in [0.15, 0.2) is 29.5 Å². The highest BCUT2D eigenvalue weighted by Gasteiger charge is 2.43. The zero-order valence-corrected chi connectivity index (χ0v) is 21.7. The van der Waals surface area contributed by atoms with E-state index in [4.69, 9.17) is 23.1 Å². The second kappa shape index (κ2) is 10.5. The zero-order valence-electron chi connectivity index (χ0n) is 20.9. The number of piperidine rings is 1. The number of likely N-dealkylation sites (tertiary alicyclic amines) is 2. The monoisotopic (exact) mass is 542 g/mol. The van der Waals surface area contributed by atoms with Crippen molar-refractivity contribution in [3.8, 4) is 0 Å². The Balaban J connectivity index is 1.11. The van der Waals surface area contributed by atoms with Crippen molar-refractivity contribution in [2.75, 3.05) is 44.2 Å². The van der Waals surface area contributed by atoms with Crippen LogP contribution in [0.2, 0.25) is 5.15 Å². The molecule has 3 aliphatic heterocycles. The molecule has 14 heteroatoms. The Morgan fingerprint density at radius 2 is 1.87 bits per heavy atom. The lowest BCUT2D eigenvalue weighted by molar-refractivity contribution is -0.137. The SMILES string of the molecule is Nc1nc(N)c(C(=O)/N=C2\NCC3(CCN(C(=O)C4CC(=O)N(CCCn5cccc5)C4)CC3)N2)nc1Cl. The first-order valence-corrected chi connectivity index (χ1v) is 13.0.